The number of hydrogen-bond donors (Lipinski definition) is 1. The van der Waals surface area contributed by atoms with Crippen molar-refractivity contribution >= 4 is 23.3 Å². The zero-order valence-corrected chi connectivity index (χ0v) is 28.7. The molecular formula is C37H44N8O4. The summed E-state index contributed by atoms with van der Waals surface area (Å²) in [5, 5.41) is 17.5. The van der Waals surface area contributed by atoms with Crippen LogP contribution in [0.4, 0.5) is 10.6 Å². The summed E-state index contributed by atoms with van der Waals surface area (Å²) in [6, 6.07) is 17.5. The summed E-state index contributed by atoms with van der Waals surface area (Å²) in [5.74, 6) is 1.45. The van der Waals surface area contributed by atoms with Gasteiger partial charge in [0.2, 0.25) is 0 Å². The normalized spacial score (nSPS) is 16.6. The number of piperazine rings is 1. The average Bonchev–Trinajstić information content (AvgIpc) is 3.51. The van der Waals surface area contributed by atoms with E-state index in [1.165, 1.54) is 0 Å². The number of aromatic nitrogens is 3. The molecule has 0 radical (unpaired) electrons. The predicted molar refractivity (Wildman–Crippen MR) is 187 cm³/mol. The minimum atomic E-state index is -0.511. The number of rotatable bonds is 8. The molecule has 12 heteroatoms. The molecule has 1 N–H and O–H groups in total. The molecule has 3 aromatic heterocycles. The van der Waals surface area contributed by atoms with E-state index < -0.39 is 5.60 Å². The van der Waals surface area contributed by atoms with Crippen molar-refractivity contribution in [3.63, 3.8) is 0 Å². The van der Waals surface area contributed by atoms with Crippen molar-refractivity contribution in [2.24, 2.45) is 0 Å². The second kappa shape index (κ2) is 14.1. The maximum absolute atomic E-state index is 12.8. The molecule has 2 fully saturated rings. The summed E-state index contributed by atoms with van der Waals surface area (Å²) in [7, 11) is 0. The van der Waals surface area contributed by atoms with Crippen LogP contribution in [0.5, 0.6) is 5.75 Å². The topological polar surface area (TPSA) is 128 Å². The van der Waals surface area contributed by atoms with Crippen molar-refractivity contribution in [3.8, 4) is 22.9 Å². The SMILES string of the molecule is CC1(NC(=O)c2ccccc2)CCN(c2ccc(-c3cc(OCCN4CCN(C(=O)OC(C)(C)C)CC4)cn4ncc(C#N)c34)cn2)CC1. The van der Waals surface area contributed by atoms with Gasteiger partial charge in [-0.15, -0.1) is 0 Å². The van der Waals surface area contributed by atoms with Crippen LogP contribution in [0.15, 0.2) is 67.1 Å². The van der Waals surface area contributed by atoms with Crippen molar-refractivity contribution in [1.82, 2.24) is 29.7 Å². The molecule has 0 saturated carbocycles. The molecule has 49 heavy (non-hydrogen) atoms. The van der Waals surface area contributed by atoms with Crippen molar-refractivity contribution in [3.05, 3.63) is 78.2 Å². The molecular weight excluding hydrogens is 620 g/mol. The quantitative estimate of drug-likeness (QED) is 0.277. The minimum Gasteiger partial charge on any atom is -0.491 e. The first-order valence-corrected chi connectivity index (χ1v) is 16.8. The third-order valence-electron chi connectivity index (χ3n) is 9.11. The van der Waals surface area contributed by atoms with Gasteiger partial charge in [0, 0.05) is 74.2 Å². The number of ether oxygens (including phenoxy) is 2. The Kier molecular flexibility index (Phi) is 9.74. The molecule has 2 amide bonds. The van der Waals surface area contributed by atoms with E-state index in [2.05, 4.69) is 33.2 Å². The van der Waals surface area contributed by atoms with Crippen molar-refractivity contribution in [2.45, 2.75) is 51.7 Å². The summed E-state index contributed by atoms with van der Waals surface area (Å²) < 4.78 is 13.4. The number of nitrogens with zero attached hydrogens (tertiary/aromatic N) is 7. The van der Waals surface area contributed by atoms with Crippen LogP contribution in [0.3, 0.4) is 0 Å². The van der Waals surface area contributed by atoms with Crippen molar-refractivity contribution in [2.75, 3.05) is 57.3 Å². The van der Waals surface area contributed by atoms with Crippen LogP contribution < -0.4 is 15.0 Å². The number of carbonyl (C=O) groups is 2. The number of pyridine rings is 2. The van der Waals surface area contributed by atoms with E-state index in [0.29, 0.717) is 48.6 Å². The van der Waals surface area contributed by atoms with Gasteiger partial charge >= 0.3 is 6.09 Å². The lowest BCUT2D eigenvalue weighted by Crippen LogP contribution is -2.53. The number of nitrogens with one attached hydrogen (secondary N) is 1. The Hall–Kier alpha value is -5.15. The third kappa shape index (κ3) is 8.12. The van der Waals surface area contributed by atoms with Crippen LogP contribution in [0, 0.1) is 11.3 Å². The van der Waals surface area contributed by atoms with Gasteiger partial charge in [-0.25, -0.2) is 14.3 Å². The molecule has 12 nitrogen and oxygen atoms in total. The number of anilines is 1. The van der Waals surface area contributed by atoms with Gasteiger partial charge in [-0.05, 0) is 70.9 Å². The fourth-order valence-corrected chi connectivity index (χ4v) is 6.27. The fourth-order valence-electron chi connectivity index (χ4n) is 6.27. The smallest absolute Gasteiger partial charge is 0.410 e. The highest BCUT2D eigenvalue weighted by Gasteiger charge is 2.32. The van der Waals surface area contributed by atoms with E-state index in [0.717, 1.165) is 56.0 Å². The van der Waals surface area contributed by atoms with E-state index in [9.17, 15) is 14.9 Å². The molecule has 1 aromatic carbocycles. The molecule has 0 spiro atoms. The van der Waals surface area contributed by atoms with E-state index >= 15 is 0 Å². The summed E-state index contributed by atoms with van der Waals surface area (Å²) in [6.45, 7) is 13.1. The van der Waals surface area contributed by atoms with Crippen LogP contribution in [0.25, 0.3) is 16.6 Å². The molecule has 256 valence electrons. The highest BCUT2D eigenvalue weighted by Crippen LogP contribution is 2.32. The predicted octanol–water partition coefficient (Wildman–Crippen LogP) is 4.99. The van der Waals surface area contributed by atoms with Crippen LogP contribution in [0.1, 0.15) is 56.5 Å². The number of amides is 2. The zero-order valence-electron chi connectivity index (χ0n) is 28.7. The standard InChI is InChI=1S/C37H44N8O4/c1-36(2,3)49-35(47)44-18-16-42(17-19-44)20-21-48-30-22-31(33-29(23-38)25-40-45(33)26-30)28-10-11-32(39-24-28)43-14-12-37(4,13-15-43)41-34(46)27-8-6-5-7-9-27/h5-11,22,24-26H,12-21H2,1-4H3,(H,41,46). The van der Waals surface area contributed by atoms with Crippen molar-refractivity contribution in [1.29, 1.82) is 5.26 Å². The van der Waals surface area contributed by atoms with Crippen molar-refractivity contribution < 1.29 is 19.1 Å². The van der Waals surface area contributed by atoms with Crippen LogP contribution in [-0.4, -0.2) is 100.0 Å². The number of fused-ring (bicyclic) bond motifs is 1. The maximum Gasteiger partial charge on any atom is 0.410 e. The highest BCUT2D eigenvalue weighted by molar-refractivity contribution is 5.94. The second-order valence-corrected chi connectivity index (χ2v) is 14.0. The highest BCUT2D eigenvalue weighted by atomic mass is 16.6. The Morgan fingerprint density at radius 3 is 2.39 bits per heavy atom. The van der Waals surface area contributed by atoms with Gasteiger partial charge in [0.05, 0.1) is 23.5 Å². The molecule has 2 saturated heterocycles. The van der Waals surface area contributed by atoms with Gasteiger partial charge in [0.25, 0.3) is 5.91 Å². The lowest BCUT2D eigenvalue weighted by Gasteiger charge is -2.40. The number of benzene rings is 1. The third-order valence-corrected chi connectivity index (χ3v) is 9.11. The lowest BCUT2D eigenvalue weighted by molar-refractivity contribution is 0.0137. The monoisotopic (exact) mass is 664 g/mol. The Bertz CT molecular complexity index is 1810. The van der Waals surface area contributed by atoms with E-state index in [1.54, 1.807) is 21.8 Å². The molecule has 4 aromatic rings. The zero-order chi connectivity index (χ0) is 34.6. The van der Waals surface area contributed by atoms with Gasteiger partial charge in [-0.3, -0.25) is 9.69 Å². The number of hydrogen-bond acceptors (Lipinski definition) is 9. The first kappa shape index (κ1) is 33.7. The van der Waals surface area contributed by atoms with Gasteiger partial charge in [-0.2, -0.15) is 10.4 Å². The Morgan fingerprint density at radius 2 is 1.73 bits per heavy atom. The summed E-state index contributed by atoms with van der Waals surface area (Å²) in [5.41, 5.74) is 2.70. The van der Waals surface area contributed by atoms with Gasteiger partial charge in [-0.1, -0.05) is 18.2 Å². The van der Waals surface area contributed by atoms with E-state index in [4.69, 9.17) is 14.5 Å². The molecule has 0 aliphatic carbocycles. The van der Waals surface area contributed by atoms with Gasteiger partial charge in [0.1, 0.15) is 29.8 Å². The molecule has 6 rings (SSSR count). The minimum absolute atomic E-state index is 0.0497. The Labute approximate surface area is 287 Å². The molecule has 0 atom stereocenters. The number of piperidine rings is 1. The molecule has 0 unspecified atom stereocenters. The number of nitriles is 1. The first-order chi connectivity index (χ1) is 23.5. The summed E-state index contributed by atoms with van der Waals surface area (Å²) >= 11 is 0. The maximum atomic E-state index is 12.8. The van der Waals surface area contributed by atoms with Crippen LogP contribution >= 0.6 is 0 Å². The average molecular weight is 665 g/mol. The molecule has 2 aliphatic heterocycles. The van der Waals surface area contributed by atoms with E-state index in [1.807, 2.05) is 75.5 Å². The molecule has 0 bridgehead atoms. The second-order valence-electron chi connectivity index (χ2n) is 14.0. The lowest BCUT2D eigenvalue weighted by atomic mass is 9.89. The molecule has 2 aliphatic rings. The van der Waals surface area contributed by atoms with Crippen LogP contribution in [-0.2, 0) is 4.74 Å². The van der Waals surface area contributed by atoms with Crippen LogP contribution in [0.2, 0.25) is 0 Å². The summed E-state index contributed by atoms with van der Waals surface area (Å²) in [4.78, 5) is 36.3. The number of carbonyl (C=O) groups excluding carboxylic acids is 2. The Morgan fingerprint density at radius 1 is 1.00 bits per heavy atom. The Balaban J connectivity index is 1.08. The van der Waals surface area contributed by atoms with Gasteiger partial charge < -0.3 is 24.6 Å². The summed E-state index contributed by atoms with van der Waals surface area (Å²) in [6.07, 6.45) is 6.52. The van der Waals surface area contributed by atoms with E-state index in [-0.39, 0.29) is 17.5 Å². The fraction of sp³-hybridized carbons (Fsp3) is 0.432. The van der Waals surface area contributed by atoms with Gasteiger partial charge in [0.15, 0.2) is 0 Å². The largest absolute Gasteiger partial charge is 0.491 e. The molecule has 5 heterocycles. The first-order valence-electron chi connectivity index (χ1n) is 16.8.